The Balaban J connectivity index is 1.93. The molecule has 130 valence electrons. The van der Waals surface area contributed by atoms with Crippen LogP contribution in [0.3, 0.4) is 0 Å². The predicted molar refractivity (Wildman–Crippen MR) is 95.3 cm³/mol. The Kier molecular flexibility index (Phi) is 3.99. The summed E-state index contributed by atoms with van der Waals surface area (Å²) in [6.07, 6.45) is -3.89. The molecule has 1 aromatic heterocycles. The molecule has 26 heavy (non-hydrogen) atoms. The van der Waals surface area contributed by atoms with Gasteiger partial charge in [-0.05, 0) is 35.9 Å². The second kappa shape index (κ2) is 6.33. The third-order valence-corrected chi connectivity index (χ3v) is 4.31. The van der Waals surface area contributed by atoms with E-state index in [1.165, 1.54) is 12.1 Å². The molecule has 4 rings (SSSR count). The average molecular weight is 352 g/mol. The summed E-state index contributed by atoms with van der Waals surface area (Å²) < 4.78 is 41.3. The van der Waals surface area contributed by atoms with Crippen molar-refractivity contribution < 1.29 is 13.2 Å². The lowest BCUT2D eigenvalue weighted by Gasteiger charge is -2.09. The molecule has 0 aliphatic carbocycles. The highest BCUT2D eigenvalue weighted by molar-refractivity contribution is 5.83. The molecule has 5 heteroatoms. The average Bonchev–Trinajstić information content (AvgIpc) is 3.00. The second-order valence-electron chi connectivity index (χ2n) is 6.09. The minimum Gasteiger partial charge on any atom is -0.236 e. The van der Waals surface area contributed by atoms with Gasteiger partial charge in [0.05, 0.1) is 22.5 Å². The van der Waals surface area contributed by atoms with Crippen LogP contribution in [0, 0.1) is 0 Å². The summed E-state index contributed by atoms with van der Waals surface area (Å²) in [5.41, 5.74) is 2.47. The van der Waals surface area contributed by atoms with Crippen molar-refractivity contribution in [2.75, 3.05) is 0 Å². The van der Waals surface area contributed by atoms with E-state index in [1.807, 2.05) is 60.7 Å². The van der Waals surface area contributed by atoms with Crippen molar-refractivity contribution in [3.8, 4) is 5.69 Å². The molecule has 2 nitrogen and oxygen atoms in total. The summed E-state index contributed by atoms with van der Waals surface area (Å²) in [7, 11) is 0. The highest BCUT2D eigenvalue weighted by Crippen LogP contribution is 2.33. The van der Waals surface area contributed by atoms with Gasteiger partial charge in [0.15, 0.2) is 0 Å². The van der Waals surface area contributed by atoms with Crippen LogP contribution in [-0.4, -0.2) is 9.78 Å². The maximum atomic E-state index is 13.2. The van der Waals surface area contributed by atoms with E-state index in [-0.39, 0.29) is 0 Å². The molecule has 0 unspecified atom stereocenters. The molecule has 0 N–H and O–H groups in total. The monoisotopic (exact) mass is 352 g/mol. The van der Waals surface area contributed by atoms with Gasteiger partial charge >= 0.3 is 6.18 Å². The van der Waals surface area contributed by atoms with Crippen LogP contribution in [0.2, 0.25) is 0 Å². The van der Waals surface area contributed by atoms with Crippen LogP contribution >= 0.6 is 0 Å². The van der Waals surface area contributed by atoms with E-state index in [1.54, 1.807) is 4.68 Å². The third kappa shape index (κ3) is 3.08. The SMILES string of the molecule is FC(F)(F)c1ccc2nn(-c3ccccc3)c(Cc3ccccc3)c2c1. The van der Waals surface area contributed by atoms with Gasteiger partial charge in [0, 0.05) is 11.8 Å². The summed E-state index contributed by atoms with van der Waals surface area (Å²) in [4.78, 5) is 0. The Labute approximate surface area is 148 Å². The van der Waals surface area contributed by atoms with Crippen LogP contribution in [0.25, 0.3) is 16.6 Å². The molecule has 0 aliphatic heterocycles. The molecule has 0 atom stereocenters. The zero-order valence-electron chi connectivity index (χ0n) is 13.7. The van der Waals surface area contributed by atoms with E-state index in [2.05, 4.69) is 5.10 Å². The number of alkyl halides is 3. The van der Waals surface area contributed by atoms with Crippen LogP contribution in [-0.2, 0) is 12.6 Å². The fourth-order valence-electron chi connectivity index (χ4n) is 3.05. The van der Waals surface area contributed by atoms with Crippen LogP contribution < -0.4 is 0 Å². The quantitative estimate of drug-likeness (QED) is 0.467. The fraction of sp³-hybridized carbons (Fsp3) is 0.0952. The Morgan fingerprint density at radius 3 is 2.12 bits per heavy atom. The van der Waals surface area contributed by atoms with Gasteiger partial charge < -0.3 is 0 Å². The molecule has 0 radical (unpaired) electrons. The van der Waals surface area contributed by atoms with Gasteiger partial charge in [-0.3, -0.25) is 0 Å². The molecule has 0 saturated heterocycles. The molecule has 3 aromatic carbocycles. The van der Waals surface area contributed by atoms with Crippen molar-refractivity contribution >= 4 is 10.9 Å². The van der Waals surface area contributed by atoms with Gasteiger partial charge in [0.2, 0.25) is 0 Å². The van der Waals surface area contributed by atoms with Crippen molar-refractivity contribution in [2.45, 2.75) is 12.6 Å². The van der Waals surface area contributed by atoms with Gasteiger partial charge in [-0.1, -0.05) is 48.5 Å². The first-order valence-electron chi connectivity index (χ1n) is 8.20. The maximum absolute atomic E-state index is 13.2. The number of rotatable bonds is 3. The number of fused-ring (bicyclic) bond motifs is 1. The number of halogens is 3. The molecule has 0 spiro atoms. The van der Waals surface area contributed by atoms with Crippen molar-refractivity contribution in [1.82, 2.24) is 9.78 Å². The Morgan fingerprint density at radius 1 is 0.808 bits per heavy atom. The van der Waals surface area contributed by atoms with Gasteiger partial charge in [-0.25, -0.2) is 4.68 Å². The Hall–Kier alpha value is -3.08. The fourth-order valence-corrected chi connectivity index (χ4v) is 3.05. The maximum Gasteiger partial charge on any atom is 0.416 e. The summed E-state index contributed by atoms with van der Waals surface area (Å²) in [5, 5.41) is 5.07. The number of nitrogens with zero attached hydrogens (tertiary/aromatic N) is 2. The van der Waals surface area contributed by atoms with Gasteiger partial charge in [0.1, 0.15) is 0 Å². The first-order chi connectivity index (χ1) is 12.5. The second-order valence-corrected chi connectivity index (χ2v) is 6.09. The van der Waals surface area contributed by atoms with Gasteiger partial charge in [-0.15, -0.1) is 0 Å². The van der Waals surface area contributed by atoms with Crippen LogP contribution in [0.5, 0.6) is 0 Å². The summed E-state index contributed by atoms with van der Waals surface area (Å²) in [6, 6.07) is 22.8. The minimum absolute atomic E-state index is 0.494. The van der Waals surface area contributed by atoms with Gasteiger partial charge in [-0.2, -0.15) is 18.3 Å². The molecular formula is C21H15F3N2. The number of hydrogen-bond donors (Lipinski definition) is 0. The van der Waals surface area contributed by atoms with Crippen LogP contribution in [0.1, 0.15) is 16.8 Å². The Bertz CT molecular complexity index is 1040. The number of para-hydroxylation sites is 1. The number of hydrogen-bond acceptors (Lipinski definition) is 1. The van der Waals surface area contributed by atoms with Gasteiger partial charge in [0.25, 0.3) is 0 Å². The Morgan fingerprint density at radius 2 is 1.46 bits per heavy atom. The zero-order chi connectivity index (χ0) is 18.1. The van der Waals surface area contributed by atoms with Crippen LogP contribution in [0.15, 0.2) is 78.9 Å². The third-order valence-electron chi connectivity index (χ3n) is 4.31. The molecular weight excluding hydrogens is 337 g/mol. The zero-order valence-corrected chi connectivity index (χ0v) is 13.7. The van der Waals surface area contributed by atoms with E-state index in [0.29, 0.717) is 17.3 Å². The molecule has 0 saturated carbocycles. The summed E-state index contributed by atoms with van der Waals surface area (Å²) >= 11 is 0. The van der Waals surface area contributed by atoms with Crippen molar-refractivity contribution in [3.63, 3.8) is 0 Å². The van der Waals surface area contributed by atoms with Crippen molar-refractivity contribution in [2.24, 2.45) is 0 Å². The van der Waals surface area contributed by atoms with Crippen LogP contribution in [0.4, 0.5) is 13.2 Å². The normalized spacial score (nSPS) is 11.8. The molecule has 4 aromatic rings. The highest BCUT2D eigenvalue weighted by atomic mass is 19.4. The molecule has 0 amide bonds. The molecule has 0 aliphatic rings. The molecule has 0 bridgehead atoms. The van der Waals surface area contributed by atoms with Crippen molar-refractivity contribution in [1.29, 1.82) is 0 Å². The lowest BCUT2D eigenvalue weighted by Crippen LogP contribution is -2.05. The lowest BCUT2D eigenvalue weighted by molar-refractivity contribution is -0.137. The largest absolute Gasteiger partial charge is 0.416 e. The first-order valence-corrected chi connectivity index (χ1v) is 8.20. The van der Waals surface area contributed by atoms with E-state index >= 15 is 0 Å². The van der Waals surface area contributed by atoms with E-state index in [4.69, 9.17) is 0 Å². The topological polar surface area (TPSA) is 17.8 Å². The highest BCUT2D eigenvalue weighted by Gasteiger charge is 2.31. The minimum atomic E-state index is -4.38. The predicted octanol–water partition coefficient (Wildman–Crippen LogP) is 5.64. The number of aromatic nitrogens is 2. The van der Waals surface area contributed by atoms with E-state index in [9.17, 15) is 13.2 Å². The van der Waals surface area contributed by atoms with E-state index < -0.39 is 11.7 Å². The summed E-state index contributed by atoms with van der Waals surface area (Å²) in [5.74, 6) is 0. The lowest BCUT2D eigenvalue weighted by atomic mass is 10.0. The van der Waals surface area contributed by atoms with E-state index in [0.717, 1.165) is 23.0 Å². The number of benzene rings is 3. The first kappa shape index (κ1) is 16.4. The smallest absolute Gasteiger partial charge is 0.236 e. The molecule has 1 heterocycles. The standard InChI is InChI=1S/C21H15F3N2/c22-21(23,24)16-11-12-19-18(14-16)20(13-15-7-3-1-4-8-15)26(25-19)17-9-5-2-6-10-17/h1-12,14H,13H2. The summed E-state index contributed by atoms with van der Waals surface area (Å²) in [6.45, 7) is 0. The van der Waals surface area contributed by atoms with Crippen molar-refractivity contribution in [3.05, 3.63) is 95.7 Å². The molecule has 0 fully saturated rings.